The number of hydrogen-bond donors (Lipinski definition) is 2. The summed E-state index contributed by atoms with van der Waals surface area (Å²) in [7, 11) is -7.36. The summed E-state index contributed by atoms with van der Waals surface area (Å²) >= 11 is 0. The Balaban J connectivity index is 5.53. The predicted octanol–water partition coefficient (Wildman–Crippen LogP) is 3.94. The summed E-state index contributed by atoms with van der Waals surface area (Å²) in [4.78, 5) is 18.5. The first-order valence-electron chi connectivity index (χ1n) is 8.47. The molecule has 0 saturated heterocycles. The highest BCUT2D eigenvalue weighted by molar-refractivity contribution is 7.51. The van der Waals surface area contributed by atoms with Gasteiger partial charge in [-0.2, -0.15) is 0 Å². The van der Waals surface area contributed by atoms with E-state index >= 15 is 0 Å². The van der Waals surface area contributed by atoms with Crippen LogP contribution in [0.25, 0.3) is 0 Å². The molecule has 1 unspecified atom stereocenters. The van der Waals surface area contributed by atoms with Crippen LogP contribution in [0.15, 0.2) is 0 Å². The first kappa shape index (κ1) is 23.2. The van der Waals surface area contributed by atoms with Crippen LogP contribution in [-0.2, 0) is 17.8 Å². The van der Waals surface area contributed by atoms with Gasteiger partial charge in [0.2, 0.25) is 0 Å². The van der Waals surface area contributed by atoms with Crippen molar-refractivity contribution < 1.29 is 27.6 Å². The van der Waals surface area contributed by atoms with Gasteiger partial charge < -0.3 is 23.1 Å². The molecule has 0 aromatic carbocycles. The van der Waals surface area contributed by atoms with Crippen LogP contribution < -0.4 is 0 Å². The molecule has 0 fully saturated rings. The third-order valence-electron chi connectivity index (χ3n) is 3.47. The Morgan fingerprint density at radius 3 is 1.87 bits per heavy atom. The van der Waals surface area contributed by atoms with Gasteiger partial charge in [0, 0.05) is 18.3 Å². The average Bonchev–Trinajstić information content (AvgIpc) is 2.34. The van der Waals surface area contributed by atoms with Gasteiger partial charge in [0.25, 0.3) is 0 Å². The zero-order valence-electron chi connectivity index (χ0n) is 15.7. The second-order valence-electron chi connectivity index (χ2n) is 6.81. The molecule has 0 heterocycles. The molecule has 2 N–H and O–H groups in total. The van der Waals surface area contributed by atoms with Gasteiger partial charge in [0.15, 0.2) is 0 Å². The molecule has 0 amide bonds. The molecule has 0 radical (unpaired) electrons. The Hall–Kier alpha value is 0.247. The Labute approximate surface area is 142 Å². The molecular formula is C15H35O6PSi. The third kappa shape index (κ3) is 9.97. The van der Waals surface area contributed by atoms with E-state index in [2.05, 4.69) is 6.92 Å². The van der Waals surface area contributed by atoms with E-state index in [1.54, 1.807) is 0 Å². The van der Waals surface area contributed by atoms with E-state index in [0.29, 0.717) is 0 Å². The smallest absolute Gasteiger partial charge is 0.371 e. The van der Waals surface area contributed by atoms with Crippen LogP contribution in [0.4, 0.5) is 0 Å². The highest BCUT2D eigenvalue weighted by Gasteiger charge is 2.48. The highest BCUT2D eigenvalue weighted by atomic mass is 31.2. The largest absolute Gasteiger partial charge is 0.502 e. The van der Waals surface area contributed by atoms with Gasteiger partial charge in [0.05, 0.1) is 11.8 Å². The first-order valence-corrected chi connectivity index (χ1v) is 12.2. The average molecular weight is 370 g/mol. The van der Waals surface area contributed by atoms with E-state index in [1.807, 2.05) is 41.5 Å². The van der Waals surface area contributed by atoms with Crippen molar-refractivity contribution in [2.75, 3.05) is 6.16 Å². The maximum Gasteiger partial charge on any atom is 0.502 e. The molecule has 1 atom stereocenters. The van der Waals surface area contributed by atoms with Crippen LogP contribution in [-0.4, -0.2) is 42.6 Å². The summed E-state index contributed by atoms with van der Waals surface area (Å²) < 4.78 is 29.8. The summed E-state index contributed by atoms with van der Waals surface area (Å²) in [5, 5.41) is 0. The fraction of sp³-hybridized carbons (Fsp3) is 1.00. The molecule has 0 aromatic heterocycles. The molecular weight excluding hydrogens is 335 g/mol. The molecule has 6 nitrogen and oxygen atoms in total. The SMILES string of the molecule is CCCC(C)(CC)O[Si](CCP(=O)(O)O)(OC(C)C)OC(C)C. The third-order valence-corrected chi connectivity index (χ3v) is 8.02. The van der Waals surface area contributed by atoms with Gasteiger partial charge in [0.1, 0.15) is 0 Å². The topological polar surface area (TPSA) is 85.2 Å². The van der Waals surface area contributed by atoms with Crippen molar-refractivity contribution in [3.05, 3.63) is 0 Å². The Kier molecular flexibility index (Phi) is 9.76. The first-order chi connectivity index (χ1) is 10.4. The van der Waals surface area contributed by atoms with E-state index in [9.17, 15) is 14.4 Å². The van der Waals surface area contributed by atoms with Gasteiger partial charge in [-0.15, -0.1) is 0 Å². The van der Waals surface area contributed by atoms with Crippen molar-refractivity contribution in [1.82, 2.24) is 0 Å². The summed E-state index contributed by atoms with van der Waals surface area (Å²) in [6.45, 7) is 13.7. The molecule has 0 aromatic rings. The van der Waals surface area contributed by atoms with E-state index in [0.717, 1.165) is 19.3 Å². The van der Waals surface area contributed by atoms with Crippen molar-refractivity contribution in [2.45, 2.75) is 91.6 Å². The normalized spacial score (nSPS) is 16.1. The molecule has 0 rings (SSSR count). The minimum atomic E-state index is -4.14. The maximum atomic E-state index is 11.4. The monoisotopic (exact) mass is 370 g/mol. The molecule has 8 heteroatoms. The molecule has 0 aliphatic rings. The summed E-state index contributed by atoms with van der Waals surface area (Å²) in [5.41, 5.74) is -0.417. The van der Waals surface area contributed by atoms with Gasteiger partial charge in [-0.25, -0.2) is 0 Å². The number of rotatable bonds is 12. The minimum Gasteiger partial charge on any atom is -0.371 e. The van der Waals surface area contributed by atoms with Crippen LogP contribution in [0.5, 0.6) is 0 Å². The predicted molar refractivity (Wildman–Crippen MR) is 94.6 cm³/mol. The van der Waals surface area contributed by atoms with Crippen molar-refractivity contribution in [3.63, 3.8) is 0 Å². The Morgan fingerprint density at radius 1 is 1.09 bits per heavy atom. The fourth-order valence-corrected chi connectivity index (χ4v) is 7.63. The van der Waals surface area contributed by atoms with E-state index in [-0.39, 0.29) is 24.4 Å². The van der Waals surface area contributed by atoms with Crippen molar-refractivity contribution in [2.24, 2.45) is 0 Å². The van der Waals surface area contributed by atoms with Crippen molar-refractivity contribution in [1.29, 1.82) is 0 Å². The van der Waals surface area contributed by atoms with Gasteiger partial charge >= 0.3 is 16.4 Å². The van der Waals surface area contributed by atoms with Crippen LogP contribution in [0.3, 0.4) is 0 Å². The molecule has 0 aliphatic carbocycles. The second-order valence-corrected chi connectivity index (χ2v) is 11.1. The van der Waals surface area contributed by atoms with Gasteiger partial charge in [-0.1, -0.05) is 20.3 Å². The van der Waals surface area contributed by atoms with Crippen LogP contribution in [0.2, 0.25) is 6.04 Å². The Morgan fingerprint density at radius 2 is 1.57 bits per heavy atom. The van der Waals surface area contributed by atoms with Crippen LogP contribution >= 0.6 is 7.60 Å². The zero-order chi connectivity index (χ0) is 18.3. The Bertz CT molecular complexity index is 374. The lowest BCUT2D eigenvalue weighted by atomic mass is 9.98. The second kappa shape index (κ2) is 9.66. The van der Waals surface area contributed by atoms with Crippen LogP contribution in [0.1, 0.15) is 67.7 Å². The molecule has 23 heavy (non-hydrogen) atoms. The summed E-state index contributed by atoms with van der Waals surface area (Å²) in [5.74, 6) is 0. The quantitative estimate of drug-likeness (QED) is 0.400. The molecule has 0 saturated carbocycles. The molecule has 0 spiro atoms. The van der Waals surface area contributed by atoms with Crippen molar-refractivity contribution >= 4 is 16.4 Å². The number of hydrogen-bond acceptors (Lipinski definition) is 4. The standard InChI is InChI=1S/C15H35O6PSi/c1-8-10-15(7,9-2)21-23(19-13(3)4,20-14(5)6)12-11-22(16,17)18/h13-14H,8-12H2,1-7H3,(H2,16,17,18). The van der Waals surface area contributed by atoms with Gasteiger partial charge in [-0.3, -0.25) is 4.57 Å². The lowest BCUT2D eigenvalue weighted by Crippen LogP contribution is -2.54. The zero-order valence-corrected chi connectivity index (χ0v) is 17.6. The summed E-state index contributed by atoms with van der Waals surface area (Å²) in [6, 6.07) is 0.118. The van der Waals surface area contributed by atoms with Crippen LogP contribution in [0, 0.1) is 0 Å². The lowest BCUT2D eigenvalue weighted by molar-refractivity contribution is -0.0494. The maximum absolute atomic E-state index is 11.4. The lowest BCUT2D eigenvalue weighted by Gasteiger charge is -2.41. The van der Waals surface area contributed by atoms with E-state index < -0.39 is 22.0 Å². The van der Waals surface area contributed by atoms with Gasteiger partial charge in [-0.05, 0) is 47.5 Å². The summed E-state index contributed by atoms with van der Waals surface area (Å²) in [6.07, 6.45) is 2.02. The molecule has 140 valence electrons. The van der Waals surface area contributed by atoms with Crippen molar-refractivity contribution in [3.8, 4) is 0 Å². The van der Waals surface area contributed by atoms with E-state index in [4.69, 9.17) is 13.3 Å². The molecule has 0 bridgehead atoms. The minimum absolute atomic E-state index is 0.118. The molecule has 0 aliphatic heterocycles. The van der Waals surface area contributed by atoms with E-state index in [1.165, 1.54) is 0 Å². The fourth-order valence-electron chi connectivity index (χ4n) is 2.45. The highest BCUT2D eigenvalue weighted by Crippen LogP contribution is 2.40.